The quantitative estimate of drug-likeness (QED) is 0.906. The third-order valence-corrected chi connectivity index (χ3v) is 2.33. The molecule has 7 nitrogen and oxygen atoms in total. The number of carbonyl (C=O) groups excluding carboxylic acids is 1. The first-order valence-electron chi connectivity index (χ1n) is 5.81. The van der Waals surface area contributed by atoms with Crippen molar-refractivity contribution in [2.45, 2.75) is 12.9 Å². The molecule has 0 aromatic carbocycles. The first-order valence-corrected chi connectivity index (χ1v) is 5.81. The second-order valence-electron chi connectivity index (χ2n) is 4.19. The Morgan fingerprint density at radius 1 is 1.48 bits per heavy atom. The van der Waals surface area contributed by atoms with Crippen LogP contribution in [0.5, 0.6) is 0 Å². The van der Waals surface area contributed by atoms with Crippen LogP contribution in [0.25, 0.3) is 0 Å². The molecule has 1 amide bonds. The maximum Gasteiger partial charge on any atom is 0.411 e. The molecule has 2 rings (SSSR count). The Hall–Kier alpha value is -2.36. The molecule has 0 atom stereocenters. The number of alkyl halides is 3. The number of amides is 1. The van der Waals surface area contributed by atoms with Crippen molar-refractivity contribution < 1.29 is 22.7 Å². The van der Waals surface area contributed by atoms with E-state index in [4.69, 9.17) is 0 Å². The summed E-state index contributed by atoms with van der Waals surface area (Å²) in [5.74, 6) is -0.439. The number of nitrogens with zero attached hydrogens (tertiary/aromatic N) is 4. The minimum atomic E-state index is -4.39. The highest BCUT2D eigenvalue weighted by Crippen LogP contribution is 2.15. The average Bonchev–Trinajstić information content (AvgIpc) is 2.97. The fourth-order valence-electron chi connectivity index (χ4n) is 1.48. The fraction of sp³-hybridized carbons (Fsp3) is 0.364. The van der Waals surface area contributed by atoms with E-state index in [-0.39, 0.29) is 12.4 Å². The largest absolute Gasteiger partial charge is 0.411 e. The maximum atomic E-state index is 11.9. The Labute approximate surface area is 117 Å². The molecule has 0 unspecified atom stereocenters. The lowest BCUT2D eigenvalue weighted by atomic mass is 10.4. The highest BCUT2D eigenvalue weighted by atomic mass is 19.4. The van der Waals surface area contributed by atoms with Gasteiger partial charge in [-0.2, -0.15) is 23.4 Å². The Balaban J connectivity index is 1.87. The van der Waals surface area contributed by atoms with E-state index in [1.54, 1.807) is 13.2 Å². The van der Waals surface area contributed by atoms with Gasteiger partial charge in [-0.1, -0.05) is 0 Å². The zero-order chi connectivity index (χ0) is 15.5. The van der Waals surface area contributed by atoms with E-state index in [9.17, 15) is 18.0 Å². The number of aryl methyl sites for hydroxylation is 1. The van der Waals surface area contributed by atoms with E-state index >= 15 is 0 Å². The fourth-order valence-corrected chi connectivity index (χ4v) is 1.48. The molecule has 114 valence electrons. The van der Waals surface area contributed by atoms with Crippen molar-refractivity contribution in [3.8, 4) is 0 Å². The summed E-state index contributed by atoms with van der Waals surface area (Å²) in [5, 5.41) is 10.2. The van der Waals surface area contributed by atoms with Crippen molar-refractivity contribution in [2.24, 2.45) is 7.05 Å². The summed E-state index contributed by atoms with van der Waals surface area (Å²) in [5.41, 5.74) is 0.555. The summed E-state index contributed by atoms with van der Waals surface area (Å²) >= 11 is 0. The maximum absolute atomic E-state index is 11.9. The molecule has 21 heavy (non-hydrogen) atoms. The molecule has 1 N–H and O–H groups in total. The summed E-state index contributed by atoms with van der Waals surface area (Å²) in [6.45, 7) is -1.72. The van der Waals surface area contributed by atoms with Crippen LogP contribution in [0.2, 0.25) is 0 Å². The van der Waals surface area contributed by atoms with Gasteiger partial charge in [0.25, 0.3) is 5.91 Å². The third-order valence-electron chi connectivity index (χ3n) is 2.33. The monoisotopic (exact) mass is 303 g/mol. The molecule has 0 bridgehead atoms. The van der Waals surface area contributed by atoms with Crippen LogP contribution in [0.1, 0.15) is 10.5 Å². The first kappa shape index (κ1) is 15.0. The summed E-state index contributed by atoms with van der Waals surface area (Å²) < 4.78 is 42.8. The molecule has 0 saturated carbocycles. The molecule has 2 aromatic rings. The Kier molecular flexibility index (Phi) is 4.26. The van der Waals surface area contributed by atoms with Gasteiger partial charge in [-0.15, -0.1) is 0 Å². The number of nitrogens with one attached hydrogen (secondary N) is 1. The standard InChI is InChI=1S/C11H12F3N5O2/c1-18-3-2-9(17-18)10(20)16-8-4-15-19(5-8)7-21-6-11(12,13)14/h2-5H,6-7H2,1H3,(H,16,20). The lowest BCUT2D eigenvalue weighted by molar-refractivity contribution is -0.182. The number of rotatable bonds is 5. The van der Waals surface area contributed by atoms with Gasteiger partial charge in [-0.25, -0.2) is 4.68 Å². The van der Waals surface area contributed by atoms with Gasteiger partial charge in [0, 0.05) is 13.2 Å². The van der Waals surface area contributed by atoms with Gasteiger partial charge >= 0.3 is 6.18 Å². The second-order valence-corrected chi connectivity index (χ2v) is 4.19. The van der Waals surface area contributed by atoms with Gasteiger partial charge in [-0.05, 0) is 6.07 Å². The molecule has 0 aliphatic rings. The number of anilines is 1. The Bertz CT molecular complexity index is 619. The molecule has 0 radical (unpaired) electrons. The van der Waals surface area contributed by atoms with Crippen molar-refractivity contribution in [1.29, 1.82) is 0 Å². The van der Waals surface area contributed by atoms with Crippen LogP contribution in [0, 0.1) is 0 Å². The van der Waals surface area contributed by atoms with Gasteiger partial charge in [-0.3, -0.25) is 9.48 Å². The van der Waals surface area contributed by atoms with E-state index in [0.29, 0.717) is 5.69 Å². The Morgan fingerprint density at radius 3 is 2.86 bits per heavy atom. The van der Waals surface area contributed by atoms with Crippen LogP contribution < -0.4 is 5.32 Å². The van der Waals surface area contributed by atoms with Crippen molar-refractivity contribution >= 4 is 11.6 Å². The van der Waals surface area contributed by atoms with Gasteiger partial charge in [0.05, 0.1) is 18.1 Å². The summed E-state index contributed by atoms with van der Waals surface area (Å²) in [7, 11) is 1.67. The highest BCUT2D eigenvalue weighted by Gasteiger charge is 2.27. The number of aromatic nitrogens is 4. The summed E-state index contributed by atoms with van der Waals surface area (Å²) in [6.07, 6.45) is -0.110. The minimum absolute atomic E-state index is 0.221. The third kappa shape index (κ3) is 4.60. The number of ether oxygens (including phenoxy) is 1. The molecule has 0 aliphatic carbocycles. The smallest absolute Gasteiger partial charge is 0.350 e. The number of carbonyl (C=O) groups is 1. The molecule has 2 heterocycles. The van der Waals surface area contributed by atoms with Gasteiger partial charge in [0.1, 0.15) is 13.3 Å². The van der Waals surface area contributed by atoms with E-state index < -0.39 is 18.7 Å². The van der Waals surface area contributed by atoms with E-state index in [2.05, 4.69) is 20.3 Å². The SMILES string of the molecule is Cn1ccc(C(=O)Nc2cnn(COCC(F)(F)F)c2)n1. The van der Waals surface area contributed by atoms with Crippen LogP contribution in [0.3, 0.4) is 0 Å². The number of halogens is 3. The van der Waals surface area contributed by atoms with Crippen molar-refractivity contribution in [2.75, 3.05) is 11.9 Å². The summed E-state index contributed by atoms with van der Waals surface area (Å²) in [4.78, 5) is 11.8. The first-order chi connectivity index (χ1) is 9.83. The molecule has 2 aromatic heterocycles. The molecular weight excluding hydrogens is 291 g/mol. The number of hydrogen-bond donors (Lipinski definition) is 1. The zero-order valence-electron chi connectivity index (χ0n) is 11.0. The minimum Gasteiger partial charge on any atom is -0.350 e. The van der Waals surface area contributed by atoms with Crippen LogP contribution in [0.4, 0.5) is 18.9 Å². The van der Waals surface area contributed by atoms with Crippen molar-refractivity contribution in [3.05, 3.63) is 30.4 Å². The van der Waals surface area contributed by atoms with Gasteiger partial charge in [0.15, 0.2) is 5.69 Å². The van der Waals surface area contributed by atoms with Gasteiger partial charge < -0.3 is 10.1 Å². The second kappa shape index (κ2) is 5.95. The van der Waals surface area contributed by atoms with E-state index in [1.807, 2.05) is 0 Å². The zero-order valence-corrected chi connectivity index (χ0v) is 11.0. The summed E-state index contributed by atoms with van der Waals surface area (Å²) in [6, 6.07) is 1.53. The topological polar surface area (TPSA) is 74.0 Å². The molecule has 0 saturated heterocycles. The molecule has 0 fully saturated rings. The highest BCUT2D eigenvalue weighted by molar-refractivity contribution is 6.02. The molecule has 10 heteroatoms. The lowest BCUT2D eigenvalue weighted by Gasteiger charge is -2.07. The predicted octanol–water partition coefficient (Wildman–Crippen LogP) is 1.41. The molecule has 0 aliphatic heterocycles. The lowest BCUT2D eigenvalue weighted by Crippen LogP contribution is -2.18. The van der Waals surface area contributed by atoms with Crippen LogP contribution >= 0.6 is 0 Å². The van der Waals surface area contributed by atoms with E-state index in [0.717, 1.165) is 4.68 Å². The van der Waals surface area contributed by atoms with E-state index in [1.165, 1.54) is 23.1 Å². The normalized spacial score (nSPS) is 11.6. The van der Waals surface area contributed by atoms with Crippen LogP contribution in [0.15, 0.2) is 24.7 Å². The van der Waals surface area contributed by atoms with Crippen LogP contribution in [-0.2, 0) is 18.5 Å². The van der Waals surface area contributed by atoms with Crippen molar-refractivity contribution in [1.82, 2.24) is 19.6 Å². The predicted molar refractivity (Wildman–Crippen MR) is 65.4 cm³/mol. The number of hydrogen-bond acceptors (Lipinski definition) is 4. The van der Waals surface area contributed by atoms with Crippen molar-refractivity contribution in [3.63, 3.8) is 0 Å². The molecular formula is C11H12F3N5O2. The molecule has 0 spiro atoms. The average molecular weight is 303 g/mol. The van der Waals surface area contributed by atoms with Gasteiger partial charge in [0.2, 0.25) is 0 Å². The Morgan fingerprint density at radius 2 is 2.24 bits per heavy atom. The van der Waals surface area contributed by atoms with Crippen LogP contribution in [-0.4, -0.2) is 38.3 Å².